The summed E-state index contributed by atoms with van der Waals surface area (Å²) < 4.78 is 14.2. The Morgan fingerprint density at radius 3 is 2.62 bits per heavy atom. The zero-order valence-corrected chi connectivity index (χ0v) is 20.6. The van der Waals surface area contributed by atoms with Crippen LogP contribution in [0.25, 0.3) is 11.4 Å². The largest absolute Gasteiger partial charge is 0.493 e. The molecular weight excluding hydrogens is 496 g/mol. The number of rotatable bonds is 8. The number of aromatic amines is 1. The second-order valence-corrected chi connectivity index (χ2v) is 9.14. The summed E-state index contributed by atoms with van der Waals surface area (Å²) in [5.41, 5.74) is 4.52. The smallest absolute Gasteiger partial charge is 0.258 e. The number of benzene rings is 1. The molecule has 11 heteroatoms. The molecule has 9 nitrogen and oxygen atoms in total. The molecule has 0 fully saturated rings. The Hall–Kier alpha value is -2.92. The standard InChI is InChI=1S/C21H25BrN6O3S/c1-21(2,3)25-17(29)12-31-18-14(15(22)5-6-16(18)30-4)11-24-28-19(26-27-20(28)32)13-7-9-23-10-8-13/h5-10,24H,11-12H2,1-4H3,(H,25,29)(H,27,32). The van der Waals surface area contributed by atoms with Crippen LogP contribution in [-0.4, -0.2) is 45.0 Å². The predicted molar refractivity (Wildman–Crippen MR) is 128 cm³/mol. The molecule has 3 rings (SSSR count). The number of carbonyl (C=O) groups is 1. The van der Waals surface area contributed by atoms with Gasteiger partial charge in [0, 0.05) is 33.5 Å². The Morgan fingerprint density at radius 2 is 1.97 bits per heavy atom. The van der Waals surface area contributed by atoms with E-state index in [9.17, 15) is 4.79 Å². The molecule has 32 heavy (non-hydrogen) atoms. The highest BCUT2D eigenvalue weighted by Crippen LogP contribution is 2.36. The van der Waals surface area contributed by atoms with Crippen LogP contribution < -0.4 is 20.2 Å². The first-order valence-corrected chi connectivity index (χ1v) is 11.0. The molecule has 1 amide bonds. The average Bonchev–Trinajstić information content (AvgIpc) is 3.11. The summed E-state index contributed by atoms with van der Waals surface area (Å²) in [4.78, 5) is 16.3. The third kappa shape index (κ3) is 5.86. The highest BCUT2D eigenvalue weighted by molar-refractivity contribution is 9.10. The number of hydrogen-bond acceptors (Lipinski definition) is 7. The van der Waals surface area contributed by atoms with Gasteiger partial charge in [0.1, 0.15) is 0 Å². The SMILES string of the molecule is COc1ccc(Br)c(CNn2c(-c3ccncc3)n[nH]c2=S)c1OCC(=O)NC(C)(C)C. The molecule has 0 aliphatic rings. The van der Waals surface area contributed by atoms with Crippen LogP contribution in [0.1, 0.15) is 26.3 Å². The molecule has 0 spiro atoms. The van der Waals surface area contributed by atoms with Crippen LogP contribution in [0.5, 0.6) is 11.5 Å². The highest BCUT2D eigenvalue weighted by Gasteiger charge is 2.19. The molecule has 0 bridgehead atoms. The number of hydrogen-bond donors (Lipinski definition) is 3. The van der Waals surface area contributed by atoms with E-state index in [1.54, 1.807) is 30.2 Å². The lowest BCUT2D eigenvalue weighted by Crippen LogP contribution is -2.43. The summed E-state index contributed by atoms with van der Waals surface area (Å²) in [5.74, 6) is 1.36. The van der Waals surface area contributed by atoms with Gasteiger partial charge in [-0.15, -0.1) is 0 Å². The van der Waals surface area contributed by atoms with Crippen molar-refractivity contribution in [2.75, 3.05) is 19.1 Å². The van der Waals surface area contributed by atoms with Gasteiger partial charge >= 0.3 is 0 Å². The first-order chi connectivity index (χ1) is 15.2. The molecule has 0 aliphatic heterocycles. The van der Waals surface area contributed by atoms with Crippen LogP contribution in [0.2, 0.25) is 0 Å². The van der Waals surface area contributed by atoms with Crippen molar-refractivity contribution in [3.63, 3.8) is 0 Å². The van der Waals surface area contributed by atoms with Crippen LogP contribution in [-0.2, 0) is 11.3 Å². The summed E-state index contributed by atoms with van der Waals surface area (Å²) in [6, 6.07) is 7.31. The molecule has 0 atom stereocenters. The Kier molecular flexibility index (Phi) is 7.52. The van der Waals surface area contributed by atoms with Gasteiger partial charge in [-0.2, -0.15) is 5.10 Å². The number of halogens is 1. The molecule has 0 saturated heterocycles. The second kappa shape index (κ2) is 10.1. The monoisotopic (exact) mass is 520 g/mol. The van der Waals surface area contributed by atoms with Crippen molar-refractivity contribution >= 4 is 34.1 Å². The van der Waals surface area contributed by atoms with Gasteiger partial charge in [-0.25, -0.2) is 9.77 Å². The minimum atomic E-state index is -0.354. The molecule has 0 radical (unpaired) electrons. The van der Waals surface area contributed by atoms with Crippen LogP contribution in [0.3, 0.4) is 0 Å². The van der Waals surface area contributed by atoms with E-state index in [-0.39, 0.29) is 18.1 Å². The lowest BCUT2D eigenvalue weighted by atomic mass is 10.1. The van der Waals surface area contributed by atoms with Gasteiger partial charge in [-0.1, -0.05) is 15.9 Å². The number of methoxy groups -OCH3 is 1. The van der Waals surface area contributed by atoms with E-state index in [0.717, 1.165) is 15.6 Å². The number of ether oxygens (including phenoxy) is 2. The molecule has 0 unspecified atom stereocenters. The van der Waals surface area contributed by atoms with E-state index >= 15 is 0 Å². The normalized spacial score (nSPS) is 11.2. The molecule has 2 heterocycles. The van der Waals surface area contributed by atoms with Gasteiger partial charge in [0.15, 0.2) is 23.9 Å². The van der Waals surface area contributed by atoms with Gasteiger partial charge in [-0.05, 0) is 57.3 Å². The molecule has 170 valence electrons. The van der Waals surface area contributed by atoms with Crippen LogP contribution >= 0.6 is 28.1 Å². The van der Waals surface area contributed by atoms with Gasteiger partial charge in [-0.3, -0.25) is 9.78 Å². The third-order valence-electron chi connectivity index (χ3n) is 4.27. The number of nitrogens with one attached hydrogen (secondary N) is 3. The van der Waals surface area contributed by atoms with E-state index in [1.165, 1.54) is 0 Å². The third-order valence-corrected chi connectivity index (χ3v) is 5.29. The fourth-order valence-corrected chi connectivity index (χ4v) is 3.60. The maximum absolute atomic E-state index is 12.3. The first kappa shape index (κ1) is 23.7. The maximum atomic E-state index is 12.3. The number of amides is 1. The molecular formula is C21H25BrN6O3S. The molecule has 3 N–H and O–H groups in total. The minimum absolute atomic E-state index is 0.148. The molecule has 3 aromatic rings. The Morgan fingerprint density at radius 1 is 1.25 bits per heavy atom. The highest BCUT2D eigenvalue weighted by atomic mass is 79.9. The average molecular weight is 521 g/mol. The summed E-state index contributed by atoms with van der Waals surface area (Å²) >= 11 is 8.95. The van der Waals surface area contributed by atoms with Gasteiger partial charge in [0.2, 0.25) is 4.77 Å². The fourth-order valence-electron chi connectivity index (χ4n) is 2.95. The van der Waals surface area contributed by atoms with E-state index in [1.807, 2.05) is 39.0 Å². The minimum Gasteiger partial charge on any atom is -0.493 e. The van der Waals surface area contributed by atoms with Crippen LogP contribution in [0.15, 0.2) is 41.1 Å². The van der Waals surface area contributed by atoms with Crippen molar-refractivity contribution < 1.29 is 14.3 Å². The number of nitrogens with zero attached hydrogens (tertiary/aromatic N) is 3. The number of H-pyrrole nitrogens is 1. The number of pyridine rings is 1. The Balaban J connectivity index is 1.85. The van der Waals surface area contributed by atoms with E-state index in [2.05, 4.69) is 41.9 Å². The molecule has 1 aromatic carbocycles. The quantitative estimate of drug-likeness (QED) is 0.387. The summed E-state index contributed by atoms with van der Waals surface area (Å²) in [7, 11) is 1.55. The zero-order valence-electron chi connectivity index (χ0n) is 18.2. The second-order valence-electron chi connectivity index (χ2n) is 7.90. The predicted octanol–water partition coefficient (Wildman–Crippen LogP) is 3.81. The van der Waals surface area contributed by atoms with Crippen LogP contribution in [0, 0.1) is 4.77 Å². The van der Waals surface area contributed by atoms with Crippen molar-refractivity contribution in [2.45, 2.75) is 32.9 Å². The van der Waals surface area contributed by atoms with Gasteiger partial charge < -0.3 is 20.2 Å². The molecule has 0 aliphatic carbocycles. The molecule has 2 aromatic heterocycles. The van der Waals surface area contributed by atoms with Crippen molar-refractivity contribution in [1.82, 2.24) is 25.2 Å². The van der Waals surface area contributed by atoms with E-state index in [0.29, 0.717) is 28.6 Å². The lowest BCUT2D eigenvalue weighted by Gasteiger charge is -2.22. The topological polar surface area (TPSA) is 106 Å². The Bertz CT molecular complexity index is 1140. The first-order valence-electron chi connectivity index (χ1n) is 9.80. The summed E-state index contributed by atoms with van der Waals surface area (Å²) in [5, 5.41) is 9.98. The summed E-state index contributed by atoms with van der Waals surface area (Å²) in [6.07, 6.45) is 3.37. The van der Waals surface area contributed by atoms with Crippen molar-refractivity contribution in [3.8, 4) is 22.9 Å². The van der Waals surface area contributed by atoms with Crippen LogP contribution in [0.4, 0.5) is 0 Å². The van der Waals surface area contributed by atoms with Gasteiger partial charge in [0.05, 0.1) is 13.7 Å². The van der Waals surface area contributed by atoms with Crippen molar-refractivity contribution in [2.24, 2.45) is 0 Å². The van der Waals surface area contributed by atoms with Crippen molar-refractivity contribution in [1.29, 1.82) is 0 Å². The number of carbonyl (C=O) groups excluding carboxylic acids is 1. The zero-order chi connectivity index (χ0) is 23.3. The van der Waals surface area contributed by atoms with Gasteiger partial charge in [0.25, 0.3) is 5.91 Å². The summed E-state index contributed by atoms with van der Waals surface area (Å²) in [6.45, 7) is 5.91. The Labute approximate surface area is 199 Å². The fraction of sp³-hybridized carbons (Fsp3) is 0.333. The van der Waals surface area contributed by atoms with E-state index in [4.69, 9.17) is 21.7 Å². The molecule has 0 saturated carbocycles. The number of aromatic nitrogens is 4. The maximum Gasteiger partial charge on any atom is 0.258 e. The van der Waals surface area contributed by atoms with E-state index < -0.39 is 0 Å². The van der Waals surface area contributed by atoms with Crippen molar-refractivity contribution in [3.05, 3.63) is 51.5 Å². The lowest BCUT2D eigenvalue weighted by molar-refractivity contribution is -0.124.